The number of likely N-dealkylation sites (tertiary alicyclic amines) is 1. The Morgan fingerprint density at radius 1 is 1.16 bits per heavy atom. The lowest BCUT2D eigenvalue weighted by Gasteiger charge is -2.19. The highest BCUT2D eigenvalue weighted by Gasteiger charge is 2.35. The van der Waals surface area contributed by atoms with Crippen LogP contribution in [-0.4, -0.2) is 48.4 Å². The normalized spacial score (nSPS) is 19.5. The highest BCUT2D eigenvalue weighted by Crippen LogP contribution is 2.26. The minimum Gasteiger partial charge on any atom is -0.495 e. The van der Waals surface area contributed by atoms with Gasteiger partial charge in [0.1, 0.15) is 12.4 Å². The highest BCUT2D eigenvalue weighted by atomic mass is 16.6. The van der Waals surface area contributed by atoms with Crippen molar-refractivity contribution in [1.82, 2.24) is 4.90 Å². The molecule has 0 bridgehead atoms. The van der Waals surface area contributed by atoms with Gasteiger partial charge in [0.2, 0.25) is 0 Å². The number of rotatable bonds is 5. The van der Waals surface area contributed by atoms with Crippen LogP contribution in [0, 0.1) is 0 Å². The molecule has 1 aliphatic heterocycles. The van der Waals surface area contributed by atoms with Gasteiger partial charge in [0.05, 0.1) is 31.5 Å². The molecule has 2 aromatic rings. The Bertz CT molecular complexity index is 708. The Balaban J connectivity index is 1.56. The van der Waals surface area contributed by atoms with Crippen molar-refractivity contribution < 1.29 is 19.4 Å². The van der Waals surface area contributed by atoms with Crippen molar-refractivity contribution in [1.29, 1.82) is 0 Å². The molecule has 1 aliphatic rings. The van der Waals surface area contributed by atoms with Crippen LogP contribution in [0.15, 0.2) is 54.6 Å². The summed E-state index contributed by atoms with van der Waals surface area (Å²) < 4.78 is 10.6. The molecule has 1 heterocycles. The number of amides is 1. The first-order valence-corrected chi connectivity index (χ1v) is 8.20. The van der Waals surface area contributed by atoms with Crippen LogP contribution in [0.2, 0.25) is 0 Å². The number of carbonyl (C=O) groups is 1. The van der Waals surface area contributed by atoms with E-state index in [0.29, 0.717) is 12.3 Å². The van der Waals surface area contributed by atoms with E-state index in [4.69, 9.17) is 9.47 Å². The Kier molecular flexibility index (Phi) is 5.40. The second kappa shape index (κ2) is 7.90. The zero-order valence-electron chi connectivity index (χ0n) is 14.1. The quantitative estimate of drug-likeness (QED) is 0.874. The van der Waals surface area contributed by atoms with Gasteiger partial charge in [-0.25, -0.2) is 4.79 Å². The summed E-state index contributed by atoms with van der Waals surface area (Å²) in [6.45, 7) is 0.824. The average molecular weight is 342 g/mol. The molecule has 0 radical (unpaired) electrons. The molecule has 6 nitrogen and oxygen atoms in total. The number of nitrogens with zero attached hydrogens (tertiary/aromatic N) is 1. The number of anilines is 1. The van der Waals surface area contributed by atoms with Gasteiger partial charge in [-0.05, 0) is 17.7 Å². The van der Waals surface area contributed by atoms with Crippen LogP contribution in [-0.2, 0) is 11.3 Å². The zero-order valence-corrected chi connectivity index (χ0v) is 14.1. The van der Waals surface area contributed by atoms with Crippen LogP contribution in [0.1, 0.15) is 5.56 Å². The van der Waals surface area contributed by atoms with E-state index in [1.54, 1.807) is 7.11 Å². The fourth-order valence-corrected chi connectivity index (χ4v) is 2.85. The first-order valence-electron chi connectivity index (χ1n) is 8.20. The summed E-state index contributed by atoms with van der Waals surface area (Å²) in [5.41, 5.74) is 1.72. The van der Waals surface area contributed by atoms with Crippen molar-refractivity contribution in [2.45, 2.75) is 18.8 Å². The Morgan fingerprint density at radius 2 is 1.88 bits per heavy atom. The van der Waals surface area contributed by atoms with Crippen LogP contribution in [0.3, 0.4) is 0 Å². The fourth-order valence-electron chi connectivity index (χ4n) is 2.85. The van der Waals surface area contributed by atoms with E-state index in [9.17, 15) is 9.90 Å². The lowest BCUT2D eigenvalue weighted by atomic mass is 10.2. The maximum atomic E-state index is 12.2. The molecule has 2 N–H and O–H groups in total. The van der Waals surface area contributed by atoms with E-state index in [1.165, 1.54) is 4.90 Å². The van der Waals surface area contributed by atoms with Crippen LogP contribution in [0.25, 0.3) is 0 Å². The minimum absolute atomic E-state index is 0.219. The van der Waals surface area contributed by atoms with E-state index < -0.39 is 12.2 Å². The number of ether oxygens (including phenoxy) is 2. The zero-order chi connectivity index (χ0) is 17.6. The molecule has 132 valence electrons. The van der Waals surface area contributed by atoms with Crippen LogP contribution in [0.5, 0.6) is 5.75 Å². The molecular weight excluding hydrogens is 320 g/mol. The van der Waals surface area contributed by atoms with Gasteiger partial charge in [-0.1, -0.05) is 42.5 Å². The second-order valence-corrected chi connectivity index (χ2v) is 5.96. The van der Waals surface area contributed by atoms with E-state index in [1.807, 2.05) is 54.6 Å². The molecule has 1 fully saturated rings. The van der Waals surface area contributed by atoms with Gasteiger partial charge in [0, 0.05) is 6.54 Å². The molecule has 0 unspecified atom stereocenters. The van der Waals surface area contributed by atoms with Crippen LogP contribution >= 0.6 is 0 Å². The van der Waals surface area contributed by atoms with Gasteiger partial charge < -0.3 is 24.8 Å². The molecule has 2 atom stereocenters. The SMILES string of the molecule is COc1ccccc1N[C@@H]1CN(C(=O)OCc2ccccc2)C[C@H]1O. The van der Waals surface area contributed by atoms with E-state index >= 15 is 0 Å². The smallest absolute Gasteiger partial charge is 0.410 e. The lowest BCUT2D eigenvalue weighted by Crippen LogP contribution is -2.33. The first kappa shape index (κ1) is 17.1. The monoisotopic (exact) mass is 342 g/mol. The lowest BCUT2D eigenvalue weighted by molar-refractivity contribution is 0.0971. The Hall–Kier alpha value is -2.73. The van der Waals surface area contributed by atoms with E-state index in [-0.39, 0.29) is 19.2 Å². The maximum Gasteiger partial charge on any atom is 0.410 e. The third kappa shape index (κ3) is 4.22. The fraction of sp³-hybridized carbons (Fsp3) is 0.316. The Labute approximate surface area is 147 Å². The molecule has 3 rings (SSSR count). The van der Waals surface area contributed by atoms with Crippen LogP contribution in [0.4, 0.5) is 10.5 Å². The summed E-state index contributed by atoms with van der Waals surface area (Å²) in [5, 5.41) is 13.5. The summed E-state index contributed by atoms with van der Waals surface area (Å²) in [5.74, 6) is 0.694. The number of hydrogen-bond donors (Lipinski definition) is 2. The molecule has 0 saturated carbocycles. The molecule has 0 spiro atoms. The number of aliphatic hydroxyl groups excluding tert-OH is 1. The van der Waals surface area contributed by atoms with Crippen LogP contribution < -0.4 is 10.1 Å². The minimum atomic E-state index is -0.672. The number of benzene rings is 2. The Morgan fingerprint density at radius 3 is 2.64 bits per heavy atom. The highest BCUT2D eigenvalue weighted by molar-refractivity contribution is 5.68. The topological polar surface area (TPSA) is 71.0 Å². The number of nitrogens with one attached hydrogen (secondary N) is 1. The number of aliphatic hydroxyl groups is 1. The van der Waals surface area contributed by atoms with Crippen molar-refractivity contribution in [2.75, 3.05) is 25.5 Å². The molecule has 0 aliphatic carbocycles. The van der Waals surface area contributed by atoms with Gasteiger partial charge in [-0.3, -0.25) is 0 Å². The van der Waals surface area contributed by atoms with Gasteiger partial charge >= 0.3 is 6.09 Å². The second-order valence-electron chi connectivity index (χ2n) is 5.96. The van der Waals surface area contributed by atoms with E-state index in [0.717, 1.165) is 11.3 Å². The van der Waals surface area contributed by atoms with Crippen molar-refractivity contribution >= 4 is 11.8 Å². The maximum absolute atomic E-state index is 12.2. The third-order valence-electron chi connectivity index (χ3n) is 4.20. The summed E-state index contributed by atoms with van der Waals surface area (Å²) >= 11 is 0. The third-order valence-corrected chi connectivity index (χ3v) is 4.20. The van der Waals surface area contributed by atoms with Gasteiger partial charge in [0.15, 0.2) is 0 Å². The molecule has 25 heavy (non-hydrogen) atoms. The molecular formula is C19H22N2O4. The summed E-state index contributed by atoms with van der Waals surface area (Å²) in [6.07, 6.45) is -1.10. The summed E-state index contributed by atoms with van der Waals surface area (Å²) in [6, 6.07) is 16.7. The van der Waals surface area contributed by atoms with Gasteiger partial charge in [-0.2, -0.15) is 0 Å². The van der Waals surface area contributed by atoms with Gasteiger partial charge in [-0.15, -0.1) is 0 Å². The summed E-state index contributed by atoms with van der Waals surface area (Å²) in [4.78, 5) is 13.7. The number of methoxy groups -OCH3 is 1. The molecule has 0 aromatic heterocycles. The molecule has 1 amide bonds. The number of hydrogen-bond acceptors (Lipinski definition) is 5. The number of carbonyl (C=O) groups excluding carboxylic acids is 1. The molecule has 1 saturated heterocycles. The predicted octanol–water partition coefficient (Wildman–Crippen LogP) is 2.49. The van der Waals surface area contributed by atoms with Crippen molar-refractivity contribution in [3.8, 4) is 5.75 Å². The van der Waals surface area contributed by atoms with E-state index in [2.05, 4.69) is 5.32 Å². The first-order chi connectivity index (χ1) is 12.2. The standard InChI is InChI=1S/C19H22N2O4/c1-24-18-10-6-5-9-15(18)20-16-11-21(12-17(16)22)19(23)25-13-14-7-3-2-4-8-14/h2-10,16-17,20,22H,11-13H2,1H3/t16-,17-/m1/s1. The van der Waals surface area contributed by atoms with Crippen molar-refractivity contribution in [3.63, 3.8) is 0 Å². The predicted molar refractivity (Wildman–Crippen MR) is 94.6 cm³/mol. The van der Waals surface area contributed by atoms with Gasteiger partial charge in [0.25, 0.3) is 0 Å². The summed E-state index contributed by atoms with van der Waals surface area (Å²) in [7, 11) is 1.60. The van der Waals surface area contributed by atoms with Crippen molar-refractivity contribution in [3.05, 3.63) is 60.2 Å². The molecule has 6 heteroatoms. The number of β-amino-alcohol motifs (C(OH)–C–C–N with tert-alkyl or cyclic N) is 1. The average Bonchev–Trinajstić information content (AvgIpc) is 3.02. The number of para-hydroxylation sites is 2. The largest absolute Gasteiger partial charge is 0.495 e. The molecule has 2 aromatic carbocycles. The van der Waals surface area contributed by atoms with Crippen molar-refractivity contribution in [2.24, 2.45) is 0 Å².